The van der Waals surface area contributed by atoms with Crippen molar-refractivity contribution in [2.75, 3.05) is 19.6 Å². The Morgan fingerprint density at radius 1 is 1.38 bits per heavy atom. The van der Waals surface area contributed by atoms with Gasteiger partial charge in [-0.3, -0.25) is 4.79 Å². The summed E-state index contributed by atoms with van der Waals surface area (Å²) in [6, 6.07) is -0.131. The van der Waals surface area contributed by atoms with E-state index in [1.165, 1.54) is 0 Å². The summed E-state index contributed by atoms with van der Waals surface area (Å²) >= 11 is 0. The topological polar surface area (TPSA) is 52.6 Å². The minimum atomic E-state index is -0.337. The van der Waals surface area contributed by atoms with Crippen molar-refractivity contribution in [3.05, 3.63) is 0 Å². The van der Waals surface area contributed by atoms with Crippen LogP contribution in [0.4, 0.5) is 0 Å². The first-order valence-corrected chi connectivity index (χ1v) is 4.97. The van der Waals surface area contributed by atoms with Gasteiger partial charge in [-0.15, -0.1) is 0 Å². The molecule has 2 unspecified atom stereocenters. The van der Waals surface area contributed by atoms with E-state index in [9.17, 15) is 9.90 Å². The number of aliphatic hydroxyl groups excluding tert-OH is 1. The van der Waals surface area contributed by atoms with Gasteiger partial charge < -0.3 is 15.3 Å². The molecule has 0 aromatic heterocycles. The Morgan fingerprint density at radius 2 is 2.08 bits per heavy atom. The van der Waals surface area contributed by atoms with Crippen LogP contribution >= 0.6 is 0 Å². The zero-order valence-electron chi connectivity index (χ0n) is 7.70. The average molecular weight is 184 g/mol. The number of carbonyl (C=O) groups is 1. The summed E-state index contributed by atoms with van der Waals surface area (Å²) in [6.45, 7) is 2.35. The summed E-state index contributed by atoms with van der Waals surface area (Å²) in [4.78, 5) is 13.6. The normalized spacial score (nSPS) is 34.1. The lowest BCUT2D eigenvalue weighted by atomic mass is 10.2. The lowest BCUT2D eigenvalue weighted by Gasteiger charge is -2.19. The number of nitrogens with one attached hydrogen (secondary N) is 1. The van der Waals surface area contributed by atoms with E-state index in [2.05, 4.69) is 5.32 Å². The first-order valence-electron chi connectivity index (χ1n) is 4.97. The maximum absolute atomic E-state index is 11.7. The second-order valence-electron chi connectivity index (χ2n) is 3.88. The van der Waals surface area contributed by atoms with E-state index in [0.717, 1.165) is 25.9 Å². The second kappa shape index (κ2) is 3.64. The van der Waals surface area contributed by atoms with Gasteiger partial charge in [0.1, 0.15) is 0 Å². The SMILES string of the molecule is O=C(C1CC(O)CN1)N1CCCC1. The fourth-order valence-electron chi connectivity index (χ4n) is 2.06. The summed E-state index contributed by atoms with van der Waals surface area (Å²) in [5.74, 6) is 0.175. The molecule has 2 aliphatic heterocycles. The fraction of sp³-hybridized carbons (Fsp3) is 0.889. The molecule has 2 atom stereocenters. The molecule has 0 aromatic carbocycles. The van der Waals surface area contributed by atoms with Crippen LogP contribution in [0.15, 0.2) is 0 Å². The summed E-state index contributed by atoms with van der Waals surface area (Å²) in [6.07, 6.45) is 2.49. The molecule has 0 saturated carbocycles. The third-order valence-electron chi connectivity index (χ3n) is 2.82. The Balaban J connectivity index is 1.89. The van der Waals surface area contributed by atoms with Crippen molar-refractivity contribution in [2.24, 2.45) is 0 Å². The summed E-state index contributed by atoms with van der Waals surface area (Å²) in [7, 11) is 0. The van der Waals surface area contributed by atoms with Crippen LogP contribution in [0.2, 0.25) is 0 Å². The fourth-order valence-corrected chi connectivity index (χ4v) is 2.06. The standard InChI is InChI=1S/C9H16N2O2/c12-7-5-8(10-6-7)9(13)11-3-1-2-4-11/h7-8,10,12H,1-6H2. The van der Waals surface area contributed by atoms with Crippen LogP contribution < -0.4 is 5.32 Å². The van der Waals surface area contributed by atoms with Gasteiger partial charge in [-0.1, -0.05) is 0 Å². The number of hydrogen-bond donors (Lipinski definition) is 2. The molecule has 2 saturated heterocycles. The number of rotatable bonds is 1. The van der Waals surface area contributed by atoms with E-state index in [1.54, 1.807) is 0 Å². The predicted molar refractivity (Wildman–Crippen MR) is 48.2 cm³/mol. The minimum absolute atomic E-state index is 0.131. The molecule has 2 rings (SSSR count). The van der Waals surface area contributed by atoms with Crippen molar-refractivity contribution in [2.45, 2.75) is 31.4 Å². The Bertz CT molecular complexity index is 202. The van der Waals surface area contributed by atoms with E-state index < -0.39 is 0 Å². The molecule has 2 aliphatic rings. The number of amides is 1. The molecule has 2 N–H and O–H groups in total. The molecule has 0 radical (unpaired) electrons. The number of carbonyl (C=O) groups excluding carboxylic acids is 1. The zero-order valence-corrected chi connectivity index (χ0v) is 7.70. The quantitative estimate of drug-likeness (QED) is 0.568. The monoisotopic (exact) mass is 184 g/mol. The Kier molecular flexibility index (Phi) is 2.51. The third kappa shape index (κ3) is 1.84. The second-order valence-corrected chi connectivity index (χ2v) is 3.88. The molecule has 2 fully saturated rings. The summed E-state index contributed by atoms with van der Waals surface area (Å²) < 4.78 is 0. The maximum Gasteiger partial charge on any atom is 0.239 e. The van der Waals surface area contributed by atoms with Crippen molar-refractivity contribution >= 4 is 5.91 Å². The lowest BCUT2D eigenvalue weighted by molar-refractivity contribution is -0.132. The van der Waals surface area contributed by atoms with Crippen molar-refractivity contribution < 1.29 is 9.90 Å². The van der Waals surface area contributed by atoms with E-state index in [0.29, 0.717) is 13.0 Å². The molecule has 0 aliphatic carbocycles. The van der Waals surface area contributed by atoms with Crippen LogP contribution in [-0.2, 0) is 4.79 Å². The van der Waals surface area contributed by atoms with Gasteiger partial charge >= 0.3 is 0 Å². The van der Waals surface area contributed by atoms with Gasteiger partial charge in [0.15, 0.2) is 0 Å². The van der Waals surface area contributed by atoms with Crippen LogP contribution in [0.3, 0.4) is 0 Å². The van der Waals surface area contributed by atoms with Crippen LogP contribution in [0.1, 0.15) is 19.3 Å². The number of β-amino-alcohol motifs (C(OH)–C–C–N with tert-alkyl or cyclic N) is 1. The molecule has 4 heteroatoms. The minimum Gasteiger partial charge on any atom is -0.392 e. The Morgan fingerprint density at radius 3 is 2.62 bits per heavy atom. The van der Waals surface area contributed by atoms with E-state index in [1.807, 2.05) is 4.90 Å². The molecular formula is C9H16N2O2. The predicted octanol–water partition coefficient (Wildman–Crippen LogP) is -0.668. The molecule has 2 heterocycles. The van der Waals surface area contributed by atoms with Crippen LogP contribution in [-0.4, -0.2) is 47.7 Å². The molecular weight excluding hydrogens is 168 g/mol. The molecule has 0 spiro atoms. The molecule has 0 aromatic rings. The Hall–Kier alpha value is -0.610. The van der Waals surface area contributed by atoms with Crippen LogP contribution in [0, 0.1) is 0 Å². The smallest absolute Gasteiger partial charge is 0.239 e. The molecule has 74 valence electrons. The first kappa shape index (κ1) is 8.97. The summed E-state index contributed by atoms with van der Waals surface area (Å²) in [5.41, 5.74) is 0. The third-order valence-corrected chi connectivity index (χ3v) is 2.82. The van der Waals surface area contributed by atoms with Crippen molar-refractivity contribution in [1.29, 1.82) is 0 Å². The largest absolute Gasteiger partial charge is 0.392 e. The number of aliphatic hydroxyl groups is 1. The van der Waals surface area contributed by atoms with Gasteiger partial charge in [0, 0.05) is 19.6 Å². The summed E-state index contributed by atoms with van der Waals surface area (Å²) in [5, 5.41) is 12.3. The zero-order chi connectivity index (χ0) is 9.26. The Labute approximate surface area is 77.9 Å². The molecule has 13 heavy (non-hydrogen) atoms. The lowest BCUT2D eigenvalue weighted by Crippen LogP contribution is -2.42. The van der Waals surface area contributed by atoms with Crippen LogP contribution in [0.25, 0.3) is 0 Å². The van der Waals surface area contributed by atoms with Gasteiger partial charge in [0.05, 0.1) is 12.1 Å². The molecule has 0 bridgehead atoms. The van der Waals surface area contributed by atoms with Gasteiger partial charge in [-0.05, 0) is 19.3 Å². The van der Waals surface area contributed by atoms with Gasteiger partial charge in [-0.25, -0.2) is 0 Å². The highest BCUT2D eigenvalue weighted by Gasteiger charge is 2.32. The molecule has 4 nitrogen and oxygen atoms in total. The number of likely N-dealkylation sites (tertiary alicyclic amines) is 1. The van der Waals surface area contributed by atoms with Crippen LogP contribution in [0.5, 0.6) is 0 Å². The molecule has 1 amide bonds. The maximum atomic E-state index is 11.7. The highest BCUT2D eigenvalue weighted by Crippen LogP contribution is 2.14. The van der Waals surface area contributed by atoms with Crippen molar-refractivity contribution in [3.63, 3.8) is 0 Å². The van der Waals surface area contributed by atoms with E-state index in [-0.39, 0.29) is 18.1 Å². The highest BCUT2D eigenvalue weighted by atomic mass is 16.3. The highest BCUT2D eigenvalue weighted by molar-refractivity contribution is 5.82. The average Bonchev–Trinajstić information content (AvgIpc) is 2.72. The van der Waals surface area contributed by atoms with E-state index in [4.69, 9.17) is 0 Å². The van der Waals surface area contributed by atoms with E-state index >= 15 is 0 Å². The van der Waals surface area contributed by atoms with Gasteiger partial charge in [0.25, 0.3) is 0 Å². The van der Waals surface area contributed by atoms with Gasteiger partial charge in [-0.2, -0.15) is 0 Å². The number of hydrogen-bond acceptors (Lipinski definition) is 3. The van der Waals surface area contributed by atoms with Crippen molar-refractivity contribution in [1.82, 2.24) is 10.2 Å². The van der Waals surface area contributed by atoms with Crippen molar-refractivity contribution in [3.8, 4) is 0 Å². The number of nitrogens with zero attached hydrogens (tertiary/aromatic N) is 1. The first-order chi connectivity index (χ1) is 6.27. The van der Waals surface area contributed by atoms with Gasteiger partial charge in [0.2, 0.25) is 5.91 Å².